The summed E-state index contributed by atoms with van der Waals surface area (Å²) in [5, 5.41) is 0. The van der Waals surface area contributed by atoms with E-state index in [1.54, 1.807) is 12.1 Å². The molecule has 0 bridgehead atoms. The molecule has 2 N–H and O–H groups in total. The van der Waals surface area contributed by atoms with Crippen LogP contribution in [-0.4, -0.2) is 12.6 Å². The number of aryl methyl sites for hydroxylation is 1. The first kappa shape index (κ1) is 14.1. The van der Waals surface area contributed by atoms with Crippen LogP contribution in [0.2, 0.25) is 0 Å². The van der Waals surface area contributed by atoms with Crippen LogP contribution in [0.1, 0.15) is 30.5 Å². The molecule has 21 heavy (non-hydrogen) atoms. The quantitative estimate of drug-likeness (QED) is 0.932. The van der Waals surface area contributed by atoms with Gasteiger partial charge in [0, 0.05) is 18.3 Å². The summed E-state index contributed by atoms with van der Waals surface area (Å²) < 4.78 is 13.6. The molecule has 3 heteroatoms. The lowest BCUT2D eigenvalue weighted by atomic mass is 9.93. The number of halogens is 1. The zero-order chi connectivity index (χ0) is 14.8. The molecule has 0 radical (unpaired) electrons. The van der Waals surface area contributed by atoms with Crippen LogP contribution in [0.15, 0.2) is 48.5 Å². The monoisotopic (exact) mass is 284 g/mol. The van der Waals surface area contributed by atoms with Gasteiger partial charge in [0.15, 0.2) is 0 Å². The lowest BCUT2D eigenvalue weighted by Gasteiger charge is -2.40. The number of anilines is 1. The summed E-state index contributed by atoms with van der Waals surface area (Å²) >= 11 is 0. The fourth-order valence-corrected chi connectivity index (χ4v) is 3.31. The maximum atomic E-state index is 13.6. The Bertz CT molecular complexity index is 624. The van der Waals surface area contributed by atoms with Gasteiger partial charge in [0.05, 0.1) is 6.04 Å². The van der Waals surface area contributed by atoms with E-state index in [1.165, 1.54) is 17.3 Å². The first-order valence-electron chi connectivity index (χ1n) is 7.52. The van der Waals surface area contributed by atoms with Crippen LogP contribution in [0.4, 0.5) is 10.1 Å². The third-order valence-corrected chi connectivity index (χ3v) is 4.17. The molecule has 0 fully saturated rings. The van der Waals surface area contributed by atoms with Crippen LogP contribution in [-0.2, 0) is 6.42 Å². The molecule has 1 aliphatic rings. The minimum Gasteiger partial charge on any atom is -0.363 e. The largest absolute Gasteiger partial charge is 0.363 e. The first-order valence-corrected chi connectivity index (χ1v) is 7.52. The molecular weight excluding hydrogens is 263 g/mol. The number of fused-ring (bicyclic) bond motifs is 1. The number of rotatable bonds is 3. The molecule has 0 spiro atoms. The second-order valence-corrected chi connectivity index (χ2v) is 5.78. The van der Waals surface area contributed by atoms with Crippen molar-refractivity contribution in [3.05, 3.63) is 65.5 Å². The number of para-hydroxylation sites is 1. The van der Waals surface area contributed by atoms with Crippen molar-refractivity contribution in [3.8, 4) is 0 Å². The molecule has 3 rings (SSSR count). The molecule has 110 valence electrons. The minimum atomic E-state index is -0.205. The number of nitrogens with two attached hydrogens (primary N) is 1. The van der Waals surface area contributed by atoms with Gasteiger partial charge in [-0.25, -0.2) is 4.39 Å². The van der Waals surface area contributed by atoms with E-state index in [1.807, 2.05) is 13.0 Å². The van der Waals surface area contributed by atoms with Crippen LogP contribution in [0, 0.1) is 5.82 Å². The van der Waals surface area contributed by atoms with Gasteiger partial charge >= 0.3 is 0 Å². The van der Waals surface area contributed by atoms with Gasteiger partial charge in [0.2, 0.25) is 0 Å². The van der Waals surface area contributed by atoms with E-state index in [0.29, 0.717) is 0 Å². The van der Waals surface area contributed by atoms with Crippen LogP contribution < -0.4 is 10.6 Å². The maximum Gasteiger partial charge on any atom is 0.123 e. The highest BCUT2D eigenvalue weighted by Gasteiger charge is 2.28. The smallest absolute Gasteiger partial charge is 0.123 e. The van der Waals surface area contributed by atoms with E-state index in [2.05, 4.69) is 29.2 Å². The highest BCUT2D eigenvalue weighted by molar-refractivity contribution is 5.57. The van der Waals surface area contributed by atoms with Crippen molar-refractivity contribution >= 4 is 5.69 Å². The molecule has 0 aromatic heterocycles. The number of hydrogen-bond acceptors (Lipinski definition) is 2. The molecule has 0 saturated heterocycles. The Balaban J connectivity index is 2.03. The van der Waals surface area contributed by atoms with E-state index in [-0.39, 0.29) is 17.9 Å². The van der Waals surface area contributed by atoms with Gasteiger partial charge < -0.3 is 10.6 Å². The summed E-state index contributed by atoms with van der Waals surface area (Å²) in [6.07, 6.45) is 2.21. The molecule has 1 aliphatic heterocycles. The van der Waals surface area contributed by atoms with Gasteiger partial charge in [-0.2, -0.15) is 0 Å². The van der Waals surface area contributed by atoms with Gasteiger partial charge in [0.25, 0.3) is 0 Å². The topological polar surface area (TPSA) is 29.3 Å². The highest BCUT2D eigenvalue weighted by Crippen LogP contribution is 2.35. The fraction of sp³-hybridized carbons (Fsp3) is 0.333. The van der Waals surface area contributed by atoms with Gasteiger partial charge in [-0.15, -0.1) is 0 Å². The first-order chi connectivity index (χ1) is 10.2. The third-order valence-electron chi connectivity index (χ3n) is 4.17. The number of nitrogens with zero attached hydrogens (tertiary/aromatic N) is 1. The average molecular weight is 284 g/mol. The van der Waals surface area contributed by atoms with Crippen LogP contribution in [0.25, 0.3) is 0 Å². The predicted octanol–water partition coefficient (Wildman–Crippen LogP) is 3.67. The van der Waals surface area contributed by atoms with Crippen molar-refractivity contribution in [3.63, 3.8) is 0 Å². The summed E-state index contributed by atoms with van der Waals surface area (Å²) in [6.45, 7) is 2.95. The zero-order valence-corrected chi connectivity index (χ0v) is 12.3. The zero-order valence-electron chi connectivity index (χ0n) is 12.3. The lowest BCUT2D eigenvalue weighted by Crippen LogP contribution is -2.42. The van der Waals surface area contributed by atoms with Gasteiger partial charge in [-0.1, -0.05) is 30.3 Å². The Hall–Kier alpha value is -1.87. The van der Waals surface area contributed by atoms with Crippen molar-refractivity contribution in [2.24, 2.45) is 5.73 Å². The van der Waals surface area contributed by atoms with Crippen molar-refractivity contribution < 1.29 is 4.39 Å². The second-order valence-electron chi connectivity index (χ2n) is 5.78. The van der Waals surface area contributed by atoms with E-state index in [9.17, 15) is 4.39 Å². The molecule has 2 atom stereocenters. The predicted molar refractivity (Wildman–Crippen MR) is 84.9 cm³/mol. The minimum absolute atomic E-state index is 0.00199. The molecule has 0 amide bonds. The Kier molecular flexibility index (Phi) is 3.93. The van der Waals surface area contributed by atoms with Gasteiger partial charge in [-0.05, 0) is 49.1 Å². The van der Waals surface area contributed by atoms with E-state index in [4.69, 9.17) is 5.73 Å². The number of benzene rings is 2. The van der Waals surface area contributed by atoms with E-state index < -0.39 is 0 Å². The standard InChI is InChI=1S/C18H21FN2/c1-13(20)18(15-7-4-9-16(19)12-15)21-11-5-8-14-6-2-3-10-17(14)21/h2-4,6-7,9-10,12-13,18H,5,8,11,20H2,1H3. The Morgan fingerprint density at radius 2 is 1.95 bits per heavy atom. The van der Waals surface area contributed by atoms with E-state index >= 15 is 0 Å². The highest BCUT2D eigenvalue weighted by atomic mass is 19.1. The SMILES string of the molecule is CC(N)C(c1cccc(F)c1)N1CCCc2ccccc21. The molecule has 0 saturated carbocycles. The summed E-state index contributed by atoms with van der Waals surface area (Å²) in [5.41, 5.74) is 9.77. The Labute approximate surface area is 125 Å². The fourth-order valence-electron chi connectivity index (χ4n) is 3.31. The summed E-state index contributed by atoms with van der Waals surface area (Å²) in [7, 11) is 0. The normalized spacial score (nSPS) is 17.2. The Morgan fingerprint density at radius 1 is 1.14 bits per heavy atom. The Morgan fingerprint density at radius 3 is 2.71 bits per heavy atom. The third kappa shape index (κ3) is 2.79. The lowest BCUT2D eigenvalue weighted by molar-refractivity contribution is 0.507. The molecule has 2 unspecified atom stereocenters. The van der Waals surface area contributed by atoms with Gasteiger partial charge in [0.1, 0.15) is 5.82 Å². The van der Waals surface area contributed by atoms with E-state index in [0.717, 1.165) is 24.9 Å². The maximum absolute atomic E-state index is 13.6. The molecule has 2 aromatic carbocycles. The molecule has 0 aliphatic carbocycles. The van der Waals surface area contributed by atoms with Crippen molar-refractivity contribution in [1.82, 2.24) is 0 Å². The molecule has 2 aromatic rings. The average Bonchev–Trinajstić information content (AvgIpc) is 2.47. The molecular formula is C18H21FN2. The van der Waals surface area contributed by atoms with Gasteiger partial charge in [-0.3, -0.25) is 0 Å². The van der Waals surface area contributed by atoms with Crippen molar-refractivity contribution in [2.45, 2.75) is 31.8 Å². The summed E-state index contributed by atoms with van der Waals surface area (Å²) in [5.74, 6) is -0.205. The molecule has 2 nitrogen and oxygen atoms in total. The molecule has 1 heterocycles. The van der Waals surface area contributed by atoms with Crippen LogP contribution >= 0.6 is 0 Å². The number of hydrogen-bond donors (Lipinski definition) is 1. The van der Waals surface area contributed by atoms with Crippen LogP contribution in [0.5, 0.6) is 0 Å². The van der Waals surface area contributed by atoms with Crippen LogP contribution in [0.3, 0.4) is 0 Å². The second kappa shape index (κ2) is 5.86. The van der Waals surface area contributed by atoms with Crippen molar-refractivity contribution in [1.29, 1.82) is 0 Å². The summed E-state index contributed by atoms with van der Waals surface area (Å²) in [6, 6.07) is 15.2. The van der Waals surface area contributed by atoms with Crippen molar-refractivity contribution in [2.75, 3.05) is 11.4 Å². The summed E-state index contributed by atoms with van der Waals surface area (Å²) in [4.78, 5) is 2.33.